The van der Waals surface area contributed by atoms with Crippen LogP contribution in [0.15, 0.2) is 51.6 Å². The number of carbonyl (C=O) groups excluding carboxylic acids is 1. The lowest BCUT2D eigenvalue weighted by atomic mass is 10.1. The molecule has 0 aliphatic rings. The summed E-state index contributed by atoms with van der Waals surface area (Å²) in [6.07, 6.45) is 1.60. The molecule has 2 unspecified atom stereocenters. The van der Waals surface area contributed by atoms with Gasteiger partial charge in [-0.2, -0.15) is 0 Å². The SMILES string of the molecule is CC(NC(C)c1ccc(Br)cc1)C(=O)NCc1ccco1. The number of halogens is 1. The summed E-state index contributed by atoms with van der Waals surface area (Å²) in [5.74, 6) is 0.701. The van der Waals surface area contributed by atoms with Crippen molar-refractivity contribution in [2.75, 3.05) is 0 Å². The minimum absolute atomic E-state index is 0.0460. The first-order valence-electron chi connectivity index (χ1n) is 6.88. The molecule has 4 nitrogen and oxygen atoms in total. The first-order valence-corrected chi connectivity index (χ1v) is 7.67. The molecule has 5 heteroatoms. The van der Waals surface area contributed by atoms with Crippen LogP contribution in [0.1, 0.15) is 31.2 Å². The number of rotatable bonds is 6. The molecule has 0 radical (unpaired) electrons. The van der Waals surface area contributed by atoms with Gasteiger partial charge in [-0.15, -0.1) is 0 Å². The van der Waals surface area contributed by atoms with Crippen molar-refractivity contribution in [2.24, 2.45) is 0 Å². The van der Waals surface area contributed by atoms with Gasteiger partial charge in [0, 0.05) is 10.5 Å². The summed E-state index contributed by atoms with van der Waals surface area (Å²) in [4.78, 5) is 12.0. The molecule has 2 aromatic rings. The maximum atomic E-state index is 12.0. The van der Waals surface area contributed by atoms with E-state index in [2.05, 4.69) is 26.6 Å². The minimum Gasteiger partial charge on any atom is -0.467 e. The highest BCUT2D eigenvalue weighted by molar-refractivity contribution is 9.10. The van der Waals surface area contributed by atoms with Gasteiger partial charge in [0.1, 0.15) is 5.76 Å². The molecule has 0 aliphatic heterocycles. The molecule has 21 heavy (non-hydrogen) atoms. The van der Waals surface area contributed by atoms with Gasteiger partial charge < -0.3 is 9.73 Å². The summed E-state index contributed by atoms with van der Waals surface area (Å²) in [5.41, 5.74) is 1.14. The fourth-order valence-corrected chi connectivity index (χ4v) is 2.30. The highest BCUT2D eigenvalue weighted by Crippen LogP contribution is 2.16. The van der Waals surface area contributed by atoms with Crippen molar-refractivity contribution in [3.63, 3.8) is 0 Å². The molecular weight excluding hydrogens is 332 g/mol. The second kappa shape index (κ2) is 7.43. The van der Waals surface area contributed by atoms with E-state index < -0.39 is 0 Å². The first kappa shape index (κ1) is 15.8. The standard InChI is InChI=1S/C16H19BrN2O2/c1-11(13-5-7-14(17)8-6-13)19-12(2)16(20)18-10-15-4-3-9-21-15/h3-9,11-12,19H,10H2,1-2H3,(H,18,20). The molecule has 2 atom stereocenters. The third-order valence-electron chi connectivity index (χ3n) is 3.28. The Morgan fingerprint density at radius 1 is 1.24 bits per heavy atom. The number of hydrogen-bond acceptors (Lipinski definition) is 3. The zero-order valence-corrected chi connectivity index (χ0v) is 13.7. The lowest BCUT2D eigenvalue weighted by Crippen LogP contribution is -2.42. The summed E-state index contributed by atoms with van der Waals surface area (Å²) in [5, 5.41) is 6.14. The first-order chi connectivity index (χ1) is 10.1. The lowest BCUT2D eigenvalue weighted by molar-refractivity contribution is -0.123. The number of hydrogen-bond donors (Lipinski definition) is 2. The number of carbonyl (C=O) groups is 1. The molecule has 0 saturated carbocycles. The highest BCUT2D eigenvalue weighted by atomic mass is 79.9. The monoisotopic (exact) mass is 350 g/mol. The van der Waals surface area contributed by atoms with E-state index in [1.165, 1.54) is 0 Å². The maximum absolute atomic E-state index is 12.0. The summed E-state index contributed by atoms with van der Waals surface area (Å²) >= 11 is 3.41. The quantitative estimate of drug-likeness (QED) is 0.839. The Kier molecular flexibility index (Phi) is 5.59. The van der Waals surface area contributed by atoms with E-state index in [9.17, 15) is 4.79 Å². The Hall–Kier alpha value is -1.59. The molecule has 0 spiro atoms. The Morgan fingerprint density at radius 3 is 2.57 bits per heavy atom. The van der Waals surface area contributed by atoms with Crippen LogP contribution in [0, 0.1) is 0 Å². The summed E-state index contributed by atoms with van der Waals surface area (Å²) in [6.45, 7) is 4.30. The van der Waals surface area contributed by atoms with Crippen LogP contribution in [0.5, 0.6) is 0 Å². The van der Waals surface area contributed by atoms with Gasteiger partial charge in [0.25, 0.3) is 0 Å². The zero-order chi connectivity index (χ0) is 15.2. The Bertz CT molecular complexity index is 566. The van der Waals surface area contributed by atoms with Crippen molar-refractivity contribution >= 4 is 21.8 Å². The Balaban J connectivity index is 1.83. The summed E-state index contributed by atoms with van der Waals surface area (Å²) in [6, 6.07) is 11.5. The fourth-order valence-electron chi connectivity index (χ4n) is 2.04. The van der Waals surface area contributed by atoms with E-state index in [-0.39, 0.29) is 18.0 Å². The van der Waals surface area contributed by atoms with E-state index in [0.29, 0.717) is 6.54 Å². The van der Waals surface area contributed by atoms with E-state index in [0.717, 1.165) is 15.8 Å². The Labute approximate surface area is 133 Å². The smallest absolute Gasteiger partial charge is 0.237 e. The minimum atomic E-state index is -0.279. The van der Waals surface area contributed by atoms with Crippen LogP contribution < -0.4 is 10.6 Å². The summed E-state index contributed by atoms with van der Waals surface area (Å²) in [7, 11) is 0. The highest BCUT2D eigenvalue weighted by Gasteiger charge is 2.16. The molecule has 0 bridgehead atoms. The van der Waals surface area contributed by atoms with Crippen molar-refractivity contribution < 1.29 is 9.21 Å². The largest absolute Gasteiger partial charge is 0.467 e. The van der Waals surface area contributed by atoms with Gasteiger partial charge >= 0.3 is 0 Å². The number of benzene rings is 1. The number of furan rings is 1. The van der Waals surface area contributed by atoms with Crippen LogP contribution >= 0.6 is 15.9 Å². The lowest BCUT2D eigenvalue weighted by Gasteiger charge is -2.20. The molecule has 2 N–H and O–H groups in total. The van der Waals surface area contributed by atoms with Gasteiger partial charge in [0.2, 0.25) is 5.91 Å². The average molecular weight is 351 g/mol. The molecule has 1 amide bonds. The zero-order valence-electron chi connectivity index (χ0n) is 12.1. The Morgan fingerprint density at radius 2 is 1.95 bits per heavy atom. The van der Waals surface area contributed by atoms with Crippen molar-refractivity contribution in [1.29, 1.82) is 0 Å². The van der Waals surface area contributed by atoms with E-state index in [4.69, 9.17) is 4.42 Å². The van der Waals surface area contributed by atoms with E-state index in [1.54, 1.807) is 12.3 Å². The predicted molar refractivity (Wildman–Crippen MR) is 85.7 cm³/mol. The van der Waals surface area contributed by atoms with Gasteiger partial charge in [0.15, 0.2) is 0 Å². The van der Waals surface area contributed by atoms with Gasteiger partial charge in [-0.3, -0.25) is 10.1 Å². The normalized spacial score (nSPS) is 13.7. The third kappa shape index (κ3) is 4.72. The molecule has 112 valence electrons. The average Bonchev–Trinajstić information content (AvgIpc) is 2.98. The van der Waals surface area contributed by atoms with Crippen molar-refractivity contribution in [1.82, 2.24) is 10.6 Å². The van der Waals surface area contributed by atoms with Crippen LogP contribution in [0.3, 0.4) is 0 Å². The third-order valence-corrected chi connectivity index (χ3v) is 3.81. The van der Waals surface area contributed by atoms with Crippen molar-refractivity contribution in [3.05, 3.63) is 58.5 Å². The number of nitrogens with one attached hydrogen (secondary N) is 2. The molecular formula is C16H19BrN2O2. The molecule has 2 rings (SSSR count). The van der Waals surface area contributed by atoms with E-state index in [1.807, 2.05) is 44.2 Å². The van der Waals surface area contributed by atoms with Crippen LogP contribution in [-0.4, -0.2) is 11.9 Å². The molecule has 0 fully saturated rings. The molecule has 0 aliphatic carbocycles. The van der Waals surface area contributed by atoms with Crippen molar-refractivity contribution in [3.8, 4) is 0 Å². The van der Waals surface area contributed by atoms with Crippen LogP contribution in [0.4, 0.5) is 0 Å². The summed E-state index contributed by atoms with van der Waals surface area (Å²) < 4.78 is 6.23. The van der Waals surface area contributed by atoms with Crippen LogP contribution in [0.2, 0.25) is 0 Å². The molecule has 1 heterocycles. The molecule has 1 aromatic carbocycles. The maximum Gasteiger partial charge on any atom is 0.237 e. The van der Waals surface area contributed by atoms with E-state index >= 15 is 0 Å². The molecule has 0 saturated heterocycles. The topological polar surface area (TPSA) is 54.3 Å². The second-order valence-corrected chi connectivity index (χ2v) is 5.87. The van der Waals surface area contributed by atoms with Gasteiger partial charge in [-0.05, 0) is 43.7 Å². The van der Waals surface area contributed by atoms with Gasteiger partial charge in [0.05, 0.1) is 18.8 Å². The number of amides is 1. The van der Waals surface area contributed by atoms with Crippen LogP contribution in [0.25, 0.3) is 0 Å². The van der Waals surface area contributed by atoms with Gasteiger partial charge in [-0.25, -0.2) is 0 Å². The van der Waals surface area contributed by atoms with Gasteiger partial charge in [-0.1, -0.05) is 28.1 Å². The molecule has 1 aromatic heterocycles. The fraction of sp³-hybridized carbons (Fsp3) is 0.312. The van der Waals surface area contributed by atoms with Crippen LogP contribution in [-0.2, 0) is 11.3 Å². The second-order valence-electron chi connectivity index (χ2n) is 4.96. The predicted octanol–water partition coefficient (Wildman–Crippen LogP) is 3.40. The van der Waals surface area contributed by atoms with Crippen molar-refractivity contribution in [2.45, 2.75) is 32.5 Å².